The Morgan fingerprint density at radius 1 is 1.44 bits per heavy atom. The highest BCUT2D eigenvalue weighted by molar-refractivity contribution is 5.96. The maximum absolute atomic E-state index is 13.0. The van der Waals surface area contributed by atoms with Crippen LogP contribution in [0.5, 0.6) is 5.75 Å². The Morgan fingerprint density at radius 2 is 2.17 bits per heavy atom. The van der Waals surface area contributed by atoms with E-state index in [4.69, 9.17) is 0 Å². The van der Waals surface area contributed by atoms with E-state index in [2.05, 4.69) is 12.2 Å². The Hall–Kier alpha value is -1.58. The summed E-state index contributed by atoms with van der Waals surface area (Å²) in [5.74, 6) is -1.16. The number of unbranched alkanes of at least 4 members (excludes halogenated alkanes) is 2. The minimum absolute atomic E-state index is 0.0164. The van der Waals surface area contributed by atoms with Crippen LogP contribution in [0.3, 0.4) is 0 Å². The standard InChI is InChI=1S/C14H20FNO2/c1-3-4-5-6-10(2)16-14(18)12-9-11(15)7-8-13(12)17/h7-10,17H,3-6H2,1-2H3,(H,16,18). The lowest BCUT2D eigenvalue weighted by molar-refractivity contribution is 0.0934. The molecule has 0 aliphatic carbocycles. The van der Waals surface area contributed by atoms with Gasteiger partial charge in [0.1, 0.15) is 11.6 Å². The Labute approximate surface area is 107 Å². The van der Waals surface area contributed by atoms with Crippen LogP contribution in [-0.4, -0.2) is 17.1 Å². The molecule has 0 aliphatic heterocycles. The number of phenols is 1. The molecule has 1 aromatic carbocycles. The van der Waals surface area contributed by atoms with Crippen LogP contribution in [0.4, 0.5) is 4.39 Å². The summed E-state index contributed by atoms with van der Waals surface area (Å²) in [7, 11) is 0. The second kappa shape index (κ2) is 6.99. The third kappa shape index (κ3) is 4.35. The Kier molecular flexibility index (Phi) is 5.62. The Morgan fingerprint density at radius 3 is 2.83 bits per heavy atom. The highest BCUT2D eigenvalue weighted by Gasteiger charge is 2.14. The van der Waals surface area contributed by atoms with Gasteiger partial charge in [0.15, 0.2) is 0 Å². The van der Waals surface area contributed by atoms with Crippen LogP contribution in [0.15, 0.2) is 18.2 Å². The van der Waals surface area contributed by atoms with Gasteiger partial charge in [-0.2, -0.15) is 0 Å². The number of carbonyl (C=O) groups excluding carboxylic acids is 1. The fraction of sp³-hybridized carbons (Fsp3) is 0.500. The van der Waals surface area contributed by atoms with Crippen LogP contribution in [0.1, 0.15) is 49.9 Å². The summed E-state index contributed by atoms with van der Waals surface area (Å²) in [6.07, 6.45) is 4.19. The molecule has 3 nitrogen and oxygen atoms in total. The lowest BCUT2D eigenvalue weighted by Gasteiger charge is -2.14. The first-order valence-electron chi connectivity index (χ1n) is 6.34. The topological polar surface area (TPSA) is 49.3 Å². The number of hydrogen-bond acceptors (Lipinski definition) is 2. The van der Waals surface area contributed by atoms with Gasteiger partial charge in [-0.25, -0.2) is 4.39 Å². The molecule has 0 aromatic heterocycles. The lowest BCUT2D eigenvalue weighted by atomic mass is 10.1. The maximum atomic E-state index is 13.0. The van der Waals surface area contributed by atoms with Crippen molar-refractivity contribution < 1.29 is 14.3 Å². The molecule has 0 spiro atoms. The molecule has 0 aliphatic rings. The van der Waals surface area contributed by atoms with Crippen molar-refractivity contribution in [1.29, 1.82) is 0 Å². The molecule has 1 unspecified atom stereocenters. The summed E-state index contributed by atoms with van der Waals surface area (Å²) in [5, 5.41) is 12.3. The molecule has 0 heterocycles. The zero-order valence-corrected chi connectivity index (χ0v) is 10.9. The number of halogens is 1. The summed E-state index contributed by atoms with van der Waals surface area (Å²) in [6, 6.07) is 3.37. The molecule has 4 heteroatoms. The van der Waals surface area contributed by atoms with E-state index in [1.807, 2.05) is 6.92 Å². The Bertz CT molecular complexity index is 407. The van der Waals surface area contributed by atoms with E-state index in [1.54, 1.807) is 0 Å². The number of nitrogens with one attached hydrogen (secondary N) is 1. The number of amides is 1. The third-order valence-corrected chi connectivity index (χ3v) is 2.82. The third-order valence-electron chi connectivity index (χ3n) is 2.82. The average Bonchev–Trinajstić information content (AvgIpc) is 2.32. The molecule has 0 saturated carbocycles. The molecule has 0 fully saturated rings. The van der Waals surface area contributed by atoms with Gasteiger partial charge >= 0.3 is 0 Å². The number of hydrogen-bond donors (Lipinski definition) is 2. The van der Waals surface area contributed by atoms with Crippen LogP contribution in [-0.2, 0) is 0 Å². The SMILES string of the molecule is CCCCCC(C)NC(=O)c1cc(F)ccc1O. The van der Waals surface area contributed by atoms with Gasteiger partial charge in [0, 0.05) is 6.04 Å². The van der Waals surface area contributed by atoms with Gasteiger partial charge in [0.25, 0.3) is 5.91 Å². The van der Waals surface area contributed by atoms with E-state index >= 15 is 0 Å². The smallest absolute Gasteiger partial charge is 0.255 e. The second-order valence-corrected chi connectivity index (χ2v) is 4.53. The zero-order valence-electron chi connectivity index (χ0n) is 10.9. The van der Waals surface area contributed by atoms with E-state index in [9.17, 15) is 14.3 Å². The first kappa shape index (κ1) is 14.5. The van der Waals surface area contributed by atoms with Crippen LogP contribution < -0.4 is 5.32 Å². The van der Waals surface area contributed by atoms with Gasteiger partial charge < -0.3 is 10.4 Å². The average molecular weight is 253 g/mol. The molecular formula is C14H20FNO2. The van der Waals surface area contributed by atoms with E-state index in [1.165, 1.54) is 6.07 Å². The van der Waals surface area contributed by atoms with Gasteiger partial charge in [-0.1, -0.05) is 26.2 Å². The number of phenolic OH excluding ortho intramolecular Hbond substituents is 1. The summed E-state index contributed by atoms with van der Waals surface area (Å²) in [5.41, 5.74) is -0.0164. The van der Waals surface area contributed by atoms with Crippen molar-refractivity contribution in [2.24, 2.45) is 0 Å². The van der Waals surface area contributed by atoms with Crippen LogP contribution in [0.2, 0.25) is 0 Å². The molecule has 1 aromatic rings. The monoisotopic (exact) mass is 253 g/mol. The fourth-order valence-electron chi connectivity index (χ4n) is 1.76. The van der Waals surface area contributed by atoms with Crippen molar-refractivity contribution in [3.63, 3.8) is 0 Å². The molecule has 2 N–H and O–H groups in total. The van der Waals surface area contributed by atoms with Crippen molar-refractivity contribution in [3.8, 4) is 5.75 Å². The molecule has 1 rings (SSSR count). The van der Waals surface area contributed by atoms with Crippen LogP contribution in [0, 0.1) is 5.82 Å². The predicted molar refractivity (Wildman–Crippen MR) is 69.1 cm³/mol. The van der Waals surface area contributed by atoms with Crippen molar-refractivity contribution in [2.75, 3.05) is 0 Å². The normalized spacial score (nSPS) is 12.2. The van der Waals surface area contributed by atoms with Crippen LogP contribution >= 0.6 is 0 Å². The van der Waals surface area contributed by atoms with E-state index in [-0.39, 0.29) is 17.4 Å². The van der Waals surface area contributed by atoms with Crippen LogP contribution in [0.25, 0.3) is 0 Å². The van der Waals surface area contributed by atoms with Gasteiger partial charge in [0.2, 0.25) is 0 Å². The van der Waals surface area contributed by atoms with Crippen molar-refractivity contribution >= 4 is 5.91 Å². The van der Waals surface area contributed by atoms with Gasteiger partial charge in [-0.3, -0.25) is 4.79 Å². The molecule has 0 saturated heterocycles. The highest BCUT2D eigenvalue weighted by Crippen LogP contribution is 2.18. The molecule has 1 amide bonds. The van der Waals surface area contributed by atoms with E-state index < -0.39 is 11.7 Å². The second-order valence-electron chi connectivity index (χ2n) is 4.53. The number of rotatable bonds is 6. The fourth-order valence-corrected chi connectivity index (χ4v) is 1.76. The molecule has 1 atom stereocenters. The minimum Gasteiger partial charge on any atom is -0.507 e. The van der Waals surface area contributed by atoms with Crippen molar-refractivity contribution in [3.05, 3.63) is 29.6 Å². The van der Waals surface area contributed by atoms with E-state index in [0.29, 0.717) is 0 Å². The summed E-state index contributed by atoms with van der Waals surface area (Å²) in [6.45, 7) is 4.03. The minimum atomic E-state index is -0.531. The summed E-state index contributed by atoms with van der Waals surface area (Å²) >= 11 is 0. The molecular weight excluding hydrogens is 233 g/mol. The van der Waals surface area contributed by atoms with Gasteiger partial charge in [-0.05, 0) is 31.5 Å². The first-order valence-corrected chi connectivity index (χ1v) is 6.34. The quantitative estimate of drug-likeness (QED) is 0.765. The number of aromatic hydroxyl groups is 1. The van der Waals surface area contributed by atoms with Gasteiger partial charge in [-0.15, -0.1) is 0 Å². The number of carbonyl (C=O) groups is 1. The highest BCUT2D eigenvalue weighted by atomic mass is 19.1. The largest absolute Gasteiger partial charge is 0.507 e. The zero-order chi connectivity index (χ0) is 13.5. The van der Waals surface area contributed by atoms with E-state index in [0.717, 1.165) is 37.8 Å². The van der Waals surface area contributed by atoms with Crippen molar-refractivity contribution in [1.82, 2.24) is 5.32 Å². The predicted octanol–water partition coefficient (Wildman–Crippen LogP) is 3.23. The lowest BCUT2D eigenvalue weighted by Crippen LogP contribution is -2.32. The summed E-state index contributed by atoms with van der Waals surface area (Å²) < 4.78 is 13.0. The first-order chi connectivity index (χ1) is 8.54. The van der Waals surface area contributed by atoms with Crippen molar-refractivity contribution in [2.45, 2.75) is 45.6 Å². The summed E-state index contributed by atoms with van der Waals surface area (Å²) in [4.78, 5) is 11.8. The van der Waals surface area contributed by atoms with Gasteiger partial charge in [0.05, 0.1) is 5.56 Å². The Balaban J connectivity index is 2.56. The maximum Gasteiger partial charge on any atom is 0.255 e. The molecule has 0 bridgehead atoms. The molecule has 18 heavy (non-hydrogen) atoms. The molecule has 100 valence electrons. The molecule has 0 radical (unpaired) electrons. The number of benzene rings is 1.